The molecule has 0 fully saturated rings. The molecule has 2 nitrogen and oxygen atoms in total. The summed E-state index contributed by atoms with van der Waals surface area (Å²) in [7, 11) is 0. The highest BCUT2D eigenvalue weighted by Gasteiger charge is 2.14. The van der Waals surface area contributed by atoms with Crippen LogP contribution in [0.2, 0.25) is 10.0 Å². The van der Waals surface area contributed by atoms with Gasteiger partial charge in [0.1, 0.15) is 0 Å². The molecular weight excluding hydrogens is 281 g/mol. The number of rotatable bonds is 5. The lowest BCUT2D eigenvalue weighted by Gasteiger charge is -2.18. The van der Waals surface area contributed by atoms with E-state index in [9.17, 15) is 0 Å². The van der Waals surface area contributed by atoms with Crippen molar-refractivity contribution >= 4 is 23.2 Å². The van der Waals surface area contributed by atoms with Crippen LogP contribution in [-0.4, -0.2) is 6.54 Å². The van der Waals surface area contributed by atoms with Gasteiger partial charge >= 0.3 is 0 Å². The summed E-state index contributed by atoms with van der Waals surface area (Å²) in [6.45, 7) is 0.779. The fourth-order valence-corrected chi connectivity index (χ4v) is 2.27. The minimum absolute atomic E-state index is 0.232. The first-order valence-corrected chi connectivity index (χ1v) is 6.77. The largest absolute Gasteiger partial charge is 0.367 e. The molecule has 2 N–H and O–H groups in total. The highest BCUT2D eigenvalue weighted by atomic mass is 35.5. The van der Waals surface area contributed by atoms with Gasteiger partial charge in [0.05, 0.1) is 12.7 Å². The molecule has 2 aromatic rings. The third-order valence-corrected chi connectivity index (χ3v) is 3.58. The molecule has 0 amide bonds. The summed E-state index contributed by atoms with van der Waals surface area (Å²) in [5, 5.41) is 1.36. The predicted octanol–water partition coefficient (Wildman–Crippen LogP) is 4.21. The fraction of sp³-hybridized carbons (Fsp3) is 0.200. The second-order valence-electron chi connectivity index (χ2n) is 4.15. The van der Waals surface area contributed by atoms with Gasteiger partial charge in [-0.1, -0.05) is 59.6 Å². The van der Waals surface area contributed by atoms with E-state index in [0.717, 1.165) is 11.1 Å². The molecule has 0 aliphatic carbocycles. The molecule has 0 aliphatic heterocycles. The van der Waals surface area contributed by atoms with Crippen molar-refractivity contribution in [3.63, 3.8) is 0 Å². The van der Waals surface area contributed by atoms with Gasteiger partial charge in [-0.3, -0.25) is 0 Å². The smallest absolute Gasteiger partial charge is 0.0965 e. The highest BCUT2D eigenvalue weighted by Crippen LogP contribution is 2.26. The van der Waals surface area contributed by atoms with Gasteiger partial charge in [-0.25, -0.2) is 0 Å². The molecule has 0 radical (unpaired) electrons. The molecule has 0 saturated heterocycles. The highest BCUT2D eigenvalue weighted by molar-refractivity contribution is 6.31. The van der Waals surface area contributed by atoms with E-state index in [0.29, 0.717) is 23.2 Å². The van der Waals surface area contributed by atoms with E-state index in [-0.39, 0.29) is 6.10 Å². The summed E-state index contributed by atoms with van der Waals surface area (Å²) in [6, 6.07) is 15.1. The average molecular weight is 296 g/mol. The maximum absolute atomic E-state index is 6.15. The van der Waals surface area contributed by atoms with E-state index in [4.69, 9.17) is 33.7 Å². The molecule has 2 aromatic carbocycles. The van der Waals surface area contributed by atoms with Crippen LogP contribution in [0.25, 0.3) is 0 Å². The van der Waals surface area contributed by atoms with Crippen molar-refractivity contribution in [2.75, 3.05) is 6.54 Å². The van der Waals surface area contributed by atoms with Crippen LogP contribution in [0.3, 0.4) is 0 Å². The first kappa shape index (κ1) is 14.4. The summed E-state index contributed by atoms with van der Waals surface area (Å²) in [6.07, 6.45) is -0.232. The van der Waals surface area contributed by atoms with Crippen molar-refractivity contribution in [3.05, 3.63) is 69.7 Å². The monoisotopic (exact) mass is 295 g/mol. The predicted molar refractivity (Wildman–Crippen MR) is 79.5 cm³/mol. The Kier molecular flexibility index (Phi) is 5.23. The van der Waals surface area contributed by atoms with Crippen LogP contribution in [0.4, 0.5) is 0 Å². The lowest BCUT2D eigenvalue weighted by Crippen LogP contribution is -2.16. The number of nitrogens with two attached hydrogens (primary N) is 1. The van der Waals surface area contributed by atoms with Crippen LogP contribution in [0.1, 0.15) is 17.2 Å². The van der Waals surface area contributed by atoms with E-state index < -0.39 is 0 Å². The second kappa shape index (κ2) is 6.92. The van der Waals surface area contributed by atoms with Crippen LogP contribution in [0.5, 0.6) is 0 Å². The third kappa shape index (κ3) is 3.71. The zero-order valence-corrected chi connectivity index (χ0v) is 11.9. The van der Waals surface area contributed by atoms with Gasteiger partial charge in [-0.2, -0.15) is 0 Å². The van der Waals surface area contributed by atoms with Gasteiger partial charge < -0.3 is 10.5 Å². The van der Waals surface area contributed by atoms with Crippen molar-refractivity contribution in [1.82, 2.24) is 0 Å². The normalized spacial score (nSPS) is 12.4. The Balaban J connectivity index is 2.09. The standard InChI is InChI=1S/C15H15Cl2NO/c16-13-7-3-1-5-11(13)10-19-15(9-18)12-6-2-4-8-14(12)17/h1-8,15H,9-10,18H2. The van der Waals surface area contributed by atoms with Crippen LogP contribution in [0.15, 0.2) is 48.5 Å². The molecule has 0 aromatic heterocycles. The molecule has 1 atom stereocenters. The van der Waals surface area contributed by atoms with Gasteiger partial charge in [0.15, 0.2) is 0 Å². The maximum Gasteiger partial charge on any atom is 0.0965 e. The molecule has 2 rings (SSSR count). The zero-order chi connectivity index (χ0) is 13.7. The Morgan fingerprint density at radius 1 is 0.947 bits per heavy atom. The first-order valence-electron chi connectivity index (χ1n) is 6.02. The molecule has 0 heterocycles. The van der Waals surface area contributed by atoms with Gasteiger partial charge in [0, 0.05) is 22.2 Å². The van der Waals surface area contributed by atoms with Gasteiger partial charge in [0.25, 0.3) is 0 Å². The Bertz CT molecular complexity index is 545. The van der Waals surface area contributed by atoms with Gasteiger partial charge in [-0.15, -0.1) is 0 Å². The van der Waals surface area contributed by atoms with Crippen molar-refractivity contribution in [1.29, 1.82) is 0 Å². The Labute approximate surface area is 123 Å². The fourth-order valence-electron chi connectivity index (χ4n) is 1.83. The zero-order valence-electron chi connectivity index (χ0n) is 10.4. The molecule has 19 heavy (non-hydrogen) atoms. The van der Waals surface area contributed by atoms with E-state index in [1.807, 2.05) is 48.5 Å². The molecule has 0 aliphatic rings. The third-order valence-electron chi connectivity index (χ3n) is 2.86. The lowest BCUT2D eigenvalue weighted by molar-refractivity contribution is 0.0457. The minimum atomic E-state index is -0.232. The molecular formula is C15H15Cl2NO. The number of hydrogen-bond donors (Lipinski definition) is 1. The summed E-state index contributed by atoms with van der Waals surface area (Å²) in [4.78, 5) is 0. The number of hydrogen-bond acceptors (Lipinski definition) is 2. The van der Waals surface area contributed by atoms with Gasteiger partial charge in [-0.05, 0) is 17.7 Å². The SMILES string of the molecule is NCC(OCc1ccccc1Cl)c1ccccc1Cl. The summed E-state index contributed by atoms with van der Waals surface area (Å²) >= 11 is 12.2. The maximum atomic E-state index is 6.15. The molecule has 100 valence electrons. The van der Waals surface area contributed by atoms with E-state index in [1.165, 1.54) is 0 Å². The Morgan fingerprint density at radius 2 is 1.58 bits per heavy atom. The minimum Gasteiger partial charge on any atom is -0.367 e. The summed E-state index contributed by atoms with van der Waals surface area (Å²) in [5.41, 5.74) is 7.60. The number of halogens is 2. The first-order chi connectivity index (χ1) is 9.22. The van der Waals surface area contributed by atoms with Crippen molar-refractivity contribution in [3.8, 4) is 0 Å². The van der Waals surface area contributed by atoms with Crippen LogP contribution >= 0.6 is 23.2 Å². The van der Waals surface area contributed by atoms with Gasteiger partial charge in [0.2, 0.25) is 0 Å². The molecule has 0 saturated carbocycles. The van der Waals surface area contributed by atoms with Crippen LogP contribution in [-0.2, 0) is 11.3 Å². The van der Waals surface area contributed by atoms with E-state index in [2.05, 4.69) is 0 Å². The van der Waals surface area contributed by atoms with Crippen molar-refractivity contribution in [2.24, 2.45) is 5.73 Å². The Morgan fingerprint density at radius 3 is 2.21 bits per heavy atom. The molecule has 1 unspecified atom stereocenters. The van der Waals surface area contributed by atoms with E-state index in [1.54, 1.807) is 0 Å². The number of benzene rings is 2. The summed E-state index contributed by atoms with van der Waals surface area (Å²) in [5.74, 6) is 0. The molecule has 4 heteroatoms. The van der Waals surface area contributed by atoms with Crippen molar-refractivity contribution < 1.29 is 4.74 Å². The molecule has 0 spiro atoms. The number of ether oxygens (including phenoxy) is 1. The lowest BCUT2D eigenvalue weighted by atomic mass is 10.1. The Hall–Kier alpha value is -1.06. The second-order valence-corrected chi connectivity index (χ2v) is 4.96. The average Bonchev–Trinajstić information content (AvgIpc) is 2.43. The topological polar surface area (TPSA) is 35.2 Å². The van der Waals surface area contributed by atoms with E-state index >= 15 is 0 Å². The van der Waals surface area contributed by atoms with Crippen LogP contribution in [0, 0.1) is 0 Å². The van der Waals surface area contributed by atoms with Crippen LogP contribution < -0.4 is 5.73 Å². The quantitative estimate of drug-likeness (QED) is 0.897. The molecule has 0 bridgehead atoms. The summed E-state index contributed by atoms with van der Waals surface area (Å²) < 4.78 is 5.83. The van der Waals surface area contributed by atoms with Crippen molar-refractivity contribution in [2.45, 2.75) is 12.7 Å².